The highest BCUT2D eigenvalue weighted by molar-refractivity contribution is 6.32. The van der Waals surface area contributed by atoms with Crippen LogP contribution in [0.3, 0.4) is 0 Å². The SMILES string of the molecule is CC(=O)C(=O)OCCc1ccc(C)cc1-n1nc2ccccc2n1. The average Bonchev–Trinajstić information content (AvgIpc) is 2.99. The molecule has 24 heavy (non-hydrogen) atoms. The summed E-state index contributed by atoms with van der Waals surface area (Å²) in [5.74, 6) is -1.41. The molecule has 0 bridgehead atoms. The van der Waals surface area contributed by atoms with Gasteiger partial charge in [-0.15, -0.1) is 10.2 Å². The Morgan fingerprint density at radius 3 is 2.38 bits per heavy atom. The Hall–Kier alpha value is -3.02. The van der Waals surface area contributed by atoms with E-state index >= 15 is 0 Å². The molecule has 0 radical (unpaired) electrons. The summed E-state index contributed by atoms with van der Waals surface area (Å²) in [5, 5.41) is 9.00. The Balaban J connectivity index is 1.88. The van der Waals surface area contributed by atoms with Crippen LogP contribution in [0.5, 0.6) is 0 Å². The molecule has 2 aromatic carbocycles. The predicted molar refractivity (Wildman–Crippen MR) is 88.9 cm³/mol. The molecule has 0 aliphatic heterocycles. The fourth-order valence-corrected chi connectivity index (χ4v) is 2.39. The molecule has 1 aromatic heterocycles. The number of rotatable bonds is 5. The third kappa shape index (κ3) is 3.32. The van der Waals surface area contributed by atoms with E-state index in [0.717, 1.165) is 27.8 Å². The van der Waals surface area contributed by atoms with E-state index in [1.165, 1.54) is 6.92 Å². The topological polar surface area (TPSA) is 74.1 Å². The van der Waals surface area contributed by atoms with E-state index in [0.29, 0.717) is 6.42 Å². The zero-order valence-corrected chi connectivity index (χ0v) is 13.5. The summed E-state index contributed by atoms with van der Waals surface area (Å²) < 4.78 is 4.95. The van der Waals surface area contributed by atoms with E-state index in [-0.39, 0.29) is 6.61 Å². The molecule has 3 rings (SSSR count). The van der Waals surface area contributed by atoms with Crippen molar-refractivity contribution in [2.24, 2.45) is 0 Å². The smallest absolute Gasteiger partial charge is 0.374 e. The van der Waals surface area contributed by atoms with Gasteiger partial charge in [-0.2, -0.15) is 4.80 Å². The van der Waals surface area contributed by atoms with E-state index in [4.69, 9.17) is 4.74 Å². The quantitative estimate of drug-likeness (QED) is 0.532. The monoisotopic (exact) mass is 323 g/mol. The van der Waals surface area contributed by atoms with Crippen LogP contribution in [0, 0.1) is 6.92 Å². The number of ketones is 1. The molecule has 0 aliphatic rings. The van der Waals surface area contributed by atoms with Crippen LogP contribution in [0.1, 0.15) is 18.1 Å². The molecule has 0 N–H and O–H groups in total. The average molecular weight is 323 g/mol. The number of Topliss-reactive ketones (excluding diaryl/α,β-unsaturated/α-hetero) is 1. The molecular formula is C18H17N3O3. The zero-order chi connectivity index (χ0) is 17.1. The summed E-state index contributed by atoms with van der Waals surface area (Å²) >= 11 is 0. The minimum Gasteiger partial charge on any atom is -0.460 e. The third-order valence-electron chi connectivity index (χ3n) is 3.63. The Morgan fingerprint density at radius 2 is 1.75 bits per heavy atom. The molecule has 0 fully saturated rings. The zero-order valence-electron chi connectivity index (χ0n) is 13.5. The van der Waals surface area contributed by atoms with Crippen LogP contribution in [0.15, 0.2) is 42.5 Å². The molecule has 6 heteroatoms. The van der Waals surface area contributed by atoms with Crippen molar-refractivity contribution in [3.05, 3.63) is 53.6 Å². The highest BCUT2D eigenvalue weighted by atomic mass is 16.5. The number of fused-ring (bicyclic) bond motifs is 1. The summed E-state index contributed by atoms with van der Waals surface area (Å²) in [7, 11) is 0. The fraction of sp³-hybridized carbons (Fsp3) is 0.222. The first kappa shape index (κ1) is 15.9. The molecule has 0 atom stereocenters. The van der Waals surface area contributed by atoms with E-state index in [1.54, 1.807) is 4.80 Å². The van der Waals surface area contributed by atoms with Gasteiger partial charge in [0.05, 0.1) is 12.3 Å². The third-order valence-corrected chi connectivity index (χ3v) is 3.63. The summed E-state index contributed by atoms with van der Waals surface area (Å²) in [5.41, 5.74) is 4.49. The number of nitrogens with zero attached hydrogens (tertiary/aromatic N) is 3. The summed E-state index contributed by atoms with van der Waals surface area (Å²) in [6.45, 7) is 3.32. The highest BCUT2D eigenvalue weighted by Gasteiger charge is 2.12. The van der Waals surface area contributed by atoms with Gasteiger partial charge in [0.15, 0.2) is 0 Å². The van der Waals surface area contributed by atoms with Gasteiger partial charge in [-0.3, -0.25) is 4.79 Å². The first-order valence-corrected chi connectivity index (χ1v) is 7.64. The first-order valence-electron chi connectivity index (χ1n) is 7.64. The molecule has 3 aromatic rings. The number of ether oxygens (including phenoxy) is 1. The highest BCUT2D eigenvalue weighted by Crippen LogP contribution is 2.18. The fourth-order valence-electron chi connectivity index (χ4n) is 2.39. The first-order chi connectivity index (χ1) is 11.5. The number of aromatic nitrogens is 3. The standard InChI is InChI=1S/C18H17N3O3/c1-12-7-8-14(9-10-24-18(23)13(2)22)17(11-12)21-19-15-5-3-4-6-16(15)20-21/h3-8,11H,9-10H2,1-2H3. The molecule has 0 unspecified atom stereocenters. The van der Waals surface area contributed by atoms with Crippen molar-refractivity contribution in [1.29, 1.82) is 0 Å². The number of hydrogen-bond donors (Lipinski definition) is 0. The molecule has 6 nitrogen and oxygen atoms in total. The van der Waals surface area contributed by atoms with E-state index in [9.17, 15) is 9.59 Å². The number of carbonyl (C=O) groups is 2. The van der Waals surface area contributed by atoms with Crippen molar-refractivity contribution in [3.8, 4) is 5.69 Å². The van der Waals surface area contributed by atoms with Crippen LogP contribution in [-0.4, -0.2) is 33.4 Å². The van der Waals surface area contributed by atoms with E-state index in [2.05, 4.69) is 10.2 Å². The van der Waals surface area contributed by atoms with E-state index < -0.39 is 11.8 Å². The summed E-state index contributed by atoms with van der Waals surface area (Å²) in [6.07, 6.45) is 0.479. The van der Waals surface area contributed by atoms with Crippen molar-refractivity contribution in [2.45, 2.75) is 20.3 Å². The van der Waals surface area contributed by atoms with Crippen LogP contribution in [0.4, 0.5) is 0 Å². The molecule has 0 saturated carbocycles. The number of carbonyl (C=O) groups excluding carboxylic acids is 2. The van der Waals surface area contributed by atoms with Crippen LogP contribution >= 0.6 is 0 Å². The molecule has 0 aliphatic carbocycles. The summed E-state index contributed by atoms with van der Waals surface area (Å²) in [6, 6.07) is 13.6. The molecule has 122 valence electrons. The van der Waals surface area contributed by atoms with Crippen LogP contribution in [0.2, 0.25) is 0 Å². The maximum Gasteiger partial charge on any atom is 0.374 e. The minimum absolute atomic E-state index is 0.134. The van der Waals surface area contributed by atoms with Crippen LogP contribution < -0.4 is 0 Å². The van der Waals surface area contributed by atoms with Gasteiger partial charge in [0, 0.05) is 13.3 Å². The normalized spacial score (nSPS) is 10.8. The molecular weight excluding hydrogens is 306 g/mol. The van der Waals surface area contributed by atoms with Gasteiger partial charge in [-0.1, -0.05) is 24.3 Å². The second kappa shape index (κ2) is 6.62. The Bertz CT molecular complexity index is 882. The lowest BCUT2D eigenvalue weighted by atomic mass is 10.1. The molecule has 0 amide bonds. The van der Waals surface area contributed by atoms with Crippen molar-refractivity contribution >= 4 is 22.8 Å². The number of benzene rings is 2. The van der Waals surface area contributed by atoms with Crippen LogP contribution in [-0.2, 0) is 20.7 Å². The van der Waals surface area contributed by atoms with Gasteiger partial charge in [0.1, 0.15) is 11.0 Å². The van der Waals surface area contributed by atoms with Gasteiger partial charge < -0.3 is 4.74 Å². The van der Waals surface area contributed by atoms with Crippen LogP contribution in [0.25, 0.3) is 16.7 Å². The number of aryl methyl sites for hydroxylation is 1. The Kier molecular flexibility index (Phi) is 4.37. The Labute approximate surface area is 139 Å². The molecule has 0 saturated heterocycles. The lowest BCUT2D eigenvalue weighted by Crippen LogP contribution is -2.16. The maximum atomic E-state index is 11.3. The Morgan fingerprint density at radius 1 is 1.08 bits per heavy atom. The second-order valence-electron chi connectivity index (χ2n) is 5.55. The predicted octanol–water partition coefficient (Wildman–Crippen LogP) is 2.40. The van der Waals surface area contributed by atoms with E-state index in [1.807, 2.05) is 49.4 Å². The number of hydrogen-bond acceptors (Lipinski definition) is 5. The van der Waals surface area contributed by atoms with Crippen molar-refractivity contribution in [3.63, 3.8) is 0 Å². The minimum atomic E-state index is -0.813. The van der Waals surface area contributed by atoms with Crippen molar-refractivity contribution in [2.75, 3.05) is 6.61 Å². The van der Waals surface area contributed by atoms with Gasteiger partial charge in [-0.25, -0.2) is 4.79 Å². The van der Waals surface area contributed by atoms with Gasteiger partial charge in [0.2, 0.25) is 5.78 Å². The van der Waals surface area contributed by atoms with Gasteiger partial charge in [0.25, 0.3) is 0 Å². The molecule has 0 spiro atoms. The van der Waals surface area contributed by atoms with Crippen molar-refractivity contribution in [1.82, 2.24) is 15.0 Å². The maximum absolute atomic E-state index is 11.3. The lowest BCUT2D eigenvalue weighted by molar-refractivity contribution is -0.152. The lowest BCUT2D eigenvalue weighted by Gasteiger charge is -2.10. The largest absolute Gasteiger partial charge is 0.460 e. The summed E-state index contributed by atoms with van der Waals surface area (Å²) in [4.78, 5) is 23.8. The van der Waals surface area contributed by atoms with Gasteiger partial charge >= 0.3 is 5.97 Å². The molecule has 1 heterocycles. The van der Waals surface area contributed by atoms with Crippen molar-refractivity contribution < 1.29 is 14.3 Å². The van der Waals surface area contributed by atoms with Gasteiger partial charge in [-0.05, 0) is 36.2 Å². The number of esters is 1. The second-order valence-corrected chi connectivity index (χ2v) is 5.55.